The van der Waals surface area contributed by atoms with Crippen molar-refractivity contribution < 1.29 is 9.53 Å². The highest BCUT2D eigenvalue weighted by atomic mass is 16.6. The summed E-state index contributed by atoms with van der Waals surface area (Å²) in [6.07, 6.45) is 1.88. The van der Waals surface area contributed by atoms with Crippen LogP contribution >= 0.6 is 0 Å². The van der Waals surface area contributed by atoms with Crippen molar-refractivity contribution in [2.24, 2.45) is 0 Å². The lowest BCUT2D eigenvalue weighted by molar-refractivity contribution is 0.00706. The van der Waals surface area contributed by atoms with Gasteiger partial charge in [-0.3, -0.25) is 0 Å². The first-order valence-electron chi connectivity index (χ1n) is 10.1. The average Bonchev–Trinajstić information content (AvgIpc) is 2.71. The van der Waals surface area contributed by atoms with Gasteiger partial charge in [0.25, 0.3) is 0 Å². The van der Waals surface area contributed by atoms with E-state index in [4.69, 9.17) is 4.74 Å². The Hall–Kier alpha value is -3.07. The fourth-order valence-electron chi connectivity index (χ4n) is 3.13. The molecular formula is C26H29NO2. The van der Waals surface area contributed by atoms with Gasteiger partial charge in [-0.1, -0.05) is 66.7 Å². The summed E-state index contributed by atoms with van der Waals surface area (Å²) in [6.45, 7) is 6.31. The molecule has 0 saturated heterocycles. The predicted molar refractivity (Wildman–Crippen MR) is 119 cm³/mol. The van der Waals surface area contributed by atoms with Crippen molar-refractivity contribution in [1.29, 1.82) is 0 Å². The van der Waals surface area contributed by atoms with Crippen LogP contribution in [0.1, 0.15) is 47.8 Å². The fraction of sp³-hybridized carbons (Fsp3) is 0.269. The summed E-state index contributed by atoms with van der Waals surface area (Å²) < 4.78 is 5.61. The average molecular weight is 388 g/mol. The standard InChI is InChI=1S/C26H29NO2/c1-26(2,3)29-25(28)23-17-16-21(15-14-20-10-6-4-7-11-20)18-24(23)27-19-22-12-8-5-9-13-22/h4-13,16-18,27H,14-15,19H2,1-3H3. The van der Waals surface area contributed by atoms with Crippen molar-refractivity contribution in [2.45, 2.75) is 45.8 Å². The highest BCUT2D eigenvalue weighted by Crippen LogP contribution is 2.23. The maximum Gasteiger partial charge on any atom is 0.340 e. The fourth-order valence-corrected chi connectivity index (χ4v) is 3.13. The van der Waals surface area contributed by atoms with Gasteiger partial charge in [0, 0.05) is 12.2 Å². The maximum atomic E-state index is 12.7. The van der Waals surface area contributed by atoms with Crippen LogP contribution in [0.3, 0.4) is 0 Å². The summed E-state index contributed by atoms with van der Waals surface area (Å²) in [4.78, 5) is 12.7. The maximum absolute atomic E-state index is 12.7. The van der Waals surface area contributed by atoms with E-state index in [0.29, 0.717) is 12.1 Å². The summed E-state index contributed by atoms with van der Waals surface area (Å²) in [5.41, 5.74) is 4.52. The zero-order valence-corrected chi connectivity index (χ0v) is 17.4. The lowest BCUT2D eigenvalue weighted by Crippen LogP contribution is -2.24. The van der Waals surface area contributed by atoms with Crippen LogP contribution in [-0.4, -0.2) is 11.6 Å². The zero-order chi connectivity index (χ0) is 20.7. The monoisotopic (exact) mass is 387 g/mol. The van der Waals surface area contributed by atoms with E-state index in [9.17, 15) is 4.79 Å². The second kappa shape index (κ2) is 9.42. The number of carbonyl (C=O) groups is 1. The van der Waals surface area contributed by atoms with Gasteiger partial charge in [0.1, 0.15) is 5.60 Å². The number of hydrogen-bond acceptors (Lipinski definition) is 3. The van der Waals surface area contributed by atoms with E-state index in [1.807, 2.05) is 57.2 Å². The molecular weight excluding hydrogens is 358 g/mol. The Bertz CT molecular complexity index is 928. The summed E-state index contributed by atoms with van der Waals surface area (Å²) in [6, 6.07) is 26.6. The van der Waals surface area contributed by atoms with Crippen molar-refractivity contribution >= 4 is 11.7 Å². The van der Waals surface area contributed by atoms with Gasteiger partial charge in [-0.25, -0.2) is 4.79 Å². The molecule has 3 heteroatoms. The molecule has 0 aromatic heterocycles. The summed E-state index contributed by atoms with van der Waals surface area (Å²) in [5.74, 6) is -0.303. The second-order valence-corrected chi connectivity index (χ2v) is 8.21. The van der Waals surface area contributed by atoms with Crippen LogP contribution in [0.2, 0.25) is 0 Å². The Balaban J connectivity index is 1.79. The molecule has 0 atom stereocenters. The Morgan fingerprint density at radius 2 is 1.38 bits per heavy atom. The van der Waals surface area contributed by atoms with Crippen LogP contribution in [0.25, 0.3) is 0 Å². The number of hydrogen-bond donors (Lipinski definition) is 1. The van der Waals surface area contributed by atoms with Crippen molar-refractivity contribution in [2.75, 3.05) is 5.32 Å². The first kappa shape index (κ1) is 20.7. The van der Waals surface area contributed by atoms with E-state index in [0.717, 1.165) is 24.1 Å². The van der Waals surface area contributed by atoms with Crippen molar-refractivity contribution in [3.63, 3.8) is 0 Å². The minimum Gasteiger partial charge on any atom is -0.456 e. The molecule has 0 radical (unpaired) electrons. The van der Waals surface area contributed by atoms with E-state index in [1.54, 1.807) is 0 Å². The second-order valence-electron chi connectivity index (χ2n) is 8.21. The van der Waals surface area contributed by atoms with Gasteiger partial charge in [-0.05, 0) is 62.4 Å². The molecule has 0 fully saturated rings. The molecule has 0 saturated carbocycles. The van der Waals surface area contributed by atoms with Crippen LogP contribution in [0.15, 0.2) is 78.9 Å². The molecule has 0 amide bonds. The number of ether oxygens (including phenoxy) is 1. The van der Waals surface area contributed by atoms with E-state index in [2.05, 4.69) is 47.8 Å². The molecule has 0 spiro atoms. The minimum absolute atomic E-state index is 0.303. The Morgan fingerprint density at radius 3 is 2.00 bits per heavy atom. The van der Waals surface area contributed by atoms with Gasteiger partial charge in [-0.2, -0.15) is 0 Å². The summed E-state index contributed by atoms with van der Waals surface area (Å²) in [5, 5.41) is 3.43. The first-order valence-corrected chi connectivity index (χ1v) is 10.1. The first-order chi connectivity index (χ1) is 13.9. The number of carbonyl (C=O) groups excluding carboxylic acids is 1. The lowest BCUT2D eigenvalue weighted by Gasteiger charge is -2.21. The molecule has 0 aliphatic heterocycles. The van der Waals surface area contributed by atoms with Crippen LogP contribution < -0.4 is 5.32 Å². The molecule has 3 aromatic rings. The van der Waals surface area contributed by atoms with Crippen LogP contribution in [0.4, 0.5) is 5.69 Å². The van der Waals surface area contributed by atoms with Crippen LogP contribution in [-0.2, 0) is 24.1 Å². The molecule has 0 aliphatic rings. The molecule has 3 nitrogen and oxygen atoms in total. The number of anilines is 1. The third kappa shape index (κ3) is 6.49. The van der Waals surface area contributed by atoms with Crippen LogP contribution in [0, 0.1) is 0 Å². The zero-order valence-electron chi connectivity index (χ0n) is 17.4. The minimum atomic E-state index is -0.528. The Morgan fingerprint density at radius 1 is 0.793 bits per heavy atom. The van der Waals surface area contributed by atoms with Gasteiger partial charge in [0.2, 0.25) is 0 Å². The summed E-state index contributed by atoms with van der Waals surface area (Å²) in [7, 11) is 0. The molecule has 0 aliphatic carbocycles. The topological polar surface area (TPSA) is 38.3 Å². The Kier molecular flexibility index (Phi) is 6.71. The molecule has 0 unspecified atom stereocenters. The molecule has 0 bridgehead atoms. The highest BCUT2D eigenvalue weighted by molar-refractivity contribution is 5.96. The third-order valence-electron chi connectivity index (χ3n) is 4.57. The van der Waals surface area contributed by atoms with E-state index >= 15 is 0 Å². The molecule has 0 heterocycles. The largest absolute Gasteiger partial charge is 0.456 e. The molecule has 3 aromatic carbocycles. The van der Waals surface area contributed by atoms with Gasteiger partial charge < -0.3 is 10.1 Å². The van der Waals surface area contributed by atoms with E-state index < -0.39 is 5.60 Å². The molecule has 29 heavy (non-hydrogen) atoms. The lowest BCUT2D eigenvalue weighted by atomic mass is 10.0. The predicted octanol–water partition coefficient (Wildman–Crippen LogP) is 6.04. The van der Waals surface area contributed by atoms with Gasteiger partial charge in [-0.15, -0.1) is 0 Å². The SMILES string of the molecule is CC(C)(C)OC(=O)c1ccc(CCc2ccccc2)cc1NCc1ccccc1. The smallest absolute Gasteiger partial charge is 0.340 e. The number of nitrogens with one attached hydrogen (secondary N) is 1. The van der Waals surface area contributed by atoms with E-state index in [1.165, 1.54) is 11.1 Å². The van der Waals surface area contributed by atoms with Gasteiger partial charge in [0.05, 0.1) is 5.56 Å². The summed E-state index contributed by atoms with van der Waals surface area (Å²) >= 11 is 0. The third-order valence-corrected chi connectivity index (χ3v) is 4.57. The number of aryl methyl sites for hydroxylation is 2. The van der Waals surface area contributed by atoms with Crippen molar-refractivity contribution in [1.82, 2.24) is 0 Å². The highest BCUT2D eigenvalue weighted by Gasteiger charge is 2.20. The van der Waals surface area contributed by atoms with Gasteiger partial charge >= 0.3 is 5.97 Å². The van der Waals surface area contributed by atoms with Gasteiger partial charge in [0.15, 0.2) is 0 Å². The molecule has 3 rings (SSSR count). The van der Waals surface area contributed by atoms with Crippen LogP contribution in [0.5, 0.6) is 0 Å². The molecule has 150 valence electrons. The van der Waals surface area contributed by atoms with Crippen molar-refractivity contribution in [3.8, 4) is 0 Å². The molecule has 1 N–H and O–H groups in total. The number of benzene rings is 3. The van der Waals surface area contributed by atoms with Crippen molar-refractivity contribution in [3.05, 3.63) is 101 Å². The number of rotatable bonds is 7. The quantitative estimate of drug-likeness (QED) is 0.502. The Labute approximate surface area is 173 Å². The van der Waals surface area contributed by atoms with E-state index in [-0.39, 0.29) is 5.97 Å². The normalized spacial score (nSPS) is 11.1. The number of esters is 1.